The lowest BCUT2D eigenvalue weighted by Gasteiger charge is -2.39. The van der Waals surface area contributed by atoms with Gasteiger partial charge in [0.05, 0.1) is 6.10 Å². The van der Waals surface area contributed by atoms with E-state index < -0.39 is 0 Å². The Morgan fingerprint density at radius 3 is 2.47 bits per heavy atom. The van der Waals surface area contributed by atoms with Crippen LogP contribution in [0, 0.1) is 5.92 Å². The monoisotopic (exact) mass is 240 g/mol. The van der Waals surface area contributed by atoms with Crippen LogP contribution < -0.4 is 5.32 Å². The lowest BCUT2D eigenvalue weighted by molar-refractivity contribution is 0.0441. The van der Waals surface area contributed by atoms with Crippen LogP contribution in [0.4, 0.5) is 0 Å². The van der Waals surface area contributed by atoms with Crippen LogP contribution in [0.2, 0.25) is 0 Å². The third-order valence-electron chi connectivity index (χ3n) is 4.72. The van der Waals surface area contributed by atoms with Crippen LogP contribution in [-0.4, -0.2) is 47.8 Å². The first-order valence-electron chi connectivity index (χ1n) is 7.38. The van der Waals surface area contributed by atoms with E-state index in [-0.39, 0.29) is 6.10 Å². The fraction of sp³-hybridized carbons (Fsp3) is 1.00. The summed E-state index contributed by atoms with van der Waals surface area (Å²) in [7, 11) is 0. The van der Waals surface area contributed by atoms with Gasteiger partial charge in [-0.15, -0.1) is 0 Å². The standard InChI is InChI=1S/C14H28N2O/c1-3-15-11(2)12-7-9-16(10-8-12)13-5-4-6-14(13)17/h11-15,17H,3-10H2,1-2H3. The summed E-state index contributed by atoms with van der Waals surface area (Å²) in [5.41, 5.74) is 0. The van der Waals surface area contributed by atoms with Crippen LogP contribution in [0.5, 0.6) is 0 Å². The molecule has 2 aliphatic rings. The molecule has 3 unspecified atom stereocenters. The molecule has 1 aliphatic heterocycles. The predicted octanol–water partition coefficient (Wildman–Crippen LogP) is 1.61. The maximum atomic E-state index is 9.95. The van der Waals surface area contributed by atoms with E-state index in [0.717, 1.165) is 18.9 Å². The Morgan fingerprint density at radius 2 is 1.94 bits per heavy atom. The van der Waals surface area contributed by atoms with Gasteiger partial charge in [0, 0.05) is 12.1 Å². The van der Waals surface area contributed by atoms with E-state index in [1.54, 1.807) is 0 Å². The van der Waals surface area contributed by atoms with E-state index in [1.807, 2.05) is 0 Å². The number of likely N-dealkylation sites (tertiary alicyclic amines) is 1. The van der Waals surface area contributed by atoms with Crippen molar-refractivity contribution in [1.82, 2.24) is 10.2 Å². The van der Waals surface area contributed by atoms with Crippen molar-refractivity contribution in [2.75, 3.05) is 19.6 Å². The Balaban J connectivity index is 1.77. The molecule has 1 saturated heterocycles. The molecule has 3 heteroatoms. The molecule has 1 aliphatic carbocycles. The summed E-state index contributed by atoms with van der Waals surface area (Å²) >= 11 is 0. The van der Waals surface area contributed by atoms with Crippen molar-refractivity contribution < 1.29 is 5.11 Å². The van der Waals surface area contributed by atoms with E-state index >= 15 is 0 Å². The van der Waals surface area contributed by atoms with Gasteiger partial charge in [-0.05, 0) is 64.6 Å². The zero-order valence-corrected chi connectivity index (χ0v) is 11.4. The molecule has 1 heterocycles. The Hall–Kier alpha value is -0.120. The normalized spacial score (nSPS) is 34.1. The van der Waals surface area contributed by atoms with Gasteiger partial charge >= 0.3 is 0 Å². The highest BCUT2D eigenvalue weighted by Crippen LogP contribution is 2.29. The third kappa shape index (κ3) is 3.21. The molecule has 17 heavy (non-hydrogen) atoms. The van der Waals surface area contributed by atoms with Gasteiger partial charge in [0.2, 0.25) is 0 Å². The number of hydrogen-bond acceptors (Lipinski definition) is 3. The molecule has 0 bridgehead atoms. The molecule has 100 valence electrons. The lowest BCUT2D eigenvalue weighted by atomic mass is 9.89. The first-order chi connectivity index (χ1) is 8.22. The van der Waals surface area contributed by atoms with Gasteiger partial charge in [0.15, 0.2) is 0 Å². The number of nitrogens with one attached hydrogen (secondary N) is 1. The van der Waals surface area contributed by atoms with E-state index in [9.17, 15) is 5.11 Å². The Labute approximate surface area is 106 Å². The predicted molar refractivity (Wildman–Crippen MR) is 71.1 cm³/mol. The molecule has 3 atom stereocenters. The van der Waals surface area contributed by atoms with Gasteiger partial charge in [-0.3, -0.25) is 4.90 Å². The molecule has 0 amide bonds. The summed E-state index contributed by atoms with van der Waals surface area (Å²) in [6.07, 6.45) is 5.94. The first kappa shape index (κ1) is 13.3. The van der Waals surface area contributed by atoms with Gasteiger partial charge in [0.25, 0.3) is 0 Å². The van der Waals surface area contributed by atoms with E-state index in [4.69, 9.17) is 0 Å². The number of piperidine rings is 1. The second kappa shape index (κ2) is 6.17. The quantitative estimate of drug-likeness (QED) is 0.783. The van der Waals surface area contributed by atoms with Crippen molar-refractivity contribution >= 4 is 0 Å². The Morgan fingerprint density at radius 1 is 1.24 bits per heavy atom. The minimum atomic E-state index is -0.0576. The SMILES string of the molecule is CCNC(C)C1CCN(C2CCCC2O)CC1. The number of aliphatic hydroxyl groups is 1. The first-order valence-corrected chi connectivity index (χ1v) is 7.38. The topological polar surface area (TPSA) is 35.5 Å². The highest BCUT2D eigenvalue weighted by Gasteiger charge is 2.33. The molecular formula is C14H28N2O. The fourth-order valence-corrected chi connectivity index (χ4v) is 3.59. The van der Waals surface area contributed by atoms with Crippen molar-refractivity contribution in [1.29, 1.82) is 0 Å². The molecule has 3 nitrogen and oxygen atoms in total. The highest BCUT2D eigenvalue weighted by molar-refractivity contribution is 4.89. The molecule has 0 radical (unpaired) electrons. The van der Waals surface area contributed by atoms with Crippen LogP contribution in [-0.2, 0) is 0 Å². The second-order valence-corrected chi connectivity index (χ2v) is 5.79. The highest BCUT2D eigenvalue weighted by atomic mass is 16.3. The zero-order valence-electron chi connectivity index (χ0n) is 11.4. The van der Waals surface area contributed by atoms with Crippen LogP contribution in [0.25, 0.3) is 0 Å². The molecule has 2 N–H and O–H groups in total. The van der Waals surface area contributed by atoms with E-state index in [1.165, 1.54) is 38.8 Å². The maximum Gasteiger partial charge on any atom is 0.0695 e. The molecule has 2 fully saturated rings. The van der Waals surface area contributed by atoms with Gasteiger partial charge < -0.3 is 10.4 Å². The number of hydrogen-bond donors (Lipinski definition) is 2. The summed E-state index contributed by atoms with van der Waals surface area (Å²) in [5.74, 6) is 0.824. The smallest absolute Gasteiger partial charge is 0.0695 e. The molecule has 2 rings (SSSR count). The maximum absolute atomic E-state index is 9.95. The summed E-state index contributed by atoms with van der Waals surface area (Å²) in [6, 6.07) is 1.11. The largest absolute Gasteiger partial charge is 0.391 e. The fourth-order valence-electron chi connectivity index (χ4n) is 3.59. The second-order valence-electron chi connectivity index (χ2n) is 5.79. The summed E-state index contributed by atoms with van der Waals surface area (Å²) < 4.78 is 0. The van der Waals surface area contributed by atoms with Gasteiger partial charge in [-0.2, -0.15) is 0 Å². The van der Waals surface area contributed by atoms with E-state index in [0.29, 0.717) is 12.1 Å². The van der Waals surface area contributed by atoms with Gasteiger partial charge in [-0.1, -0.05) is 6.92 Å². The molecule has 0 aromatic rings. The summed E-state index contributed by atoms with van der Waals surface area (Å²) in [5, 5.41) is 13.5. The van der Waals surface area contributed by atoms with Crippen molar-refractivity contribution in [2.24, 2.45) is 5.92 Å². The summed E-state index contributed by atoms with van der Waals surface area (Å²) in [4.78, 5) is 2.53. The number of aliphatic hydroxyl groups excluding tert-OH is 1. The summed E-state index contributed by atoms with van der Waals surface area (Å²) in [6.45, 7) is 7.93. The molecule has 1 saturated carbocycles. The number of nitrogens with zero attached hydrogens (tertiary/aromatic N) is 1. The Kier molecular flexibility index (Phi) is 4.83. The van der Waals surface area contributed by atoms with Crippen LogP contribution >= 0.6 is 0 Å². The molecule has 0 spiro atoms. The average Bonchev–Trinajstić information content (AvgIpc) is 2.76. The average molecular weight is 240 g/mol. The Bertz CT molecular complexity index is 226. The third-order valence-corrected chi connectivity index (χ3v) is 4.72. The lowest BCUT2D eigenvalue weighted by Crippen LogP contribution is -2.48. The van der Waals surface area contributed by atoms with Crippen LogP contribution in [0.3, 0.4) is 0 Å². The van der Waals surface area contributed by atoms with Crippen molar-refractivity contribution in [3.05, 3.63) is 0 Å². The van der Waals surface area contributed by atoms with Crippen molar-refractivity contribution in [2.45, 2.75) is 64.1 Å². The molecular weight excluding hydrogens is 212 g/mol. The van der Waals surface area contributed by atoms with Gasteiger partial charge in [-0.25, -0.2) is 0 Å². The number of rotatable bonds is 4. The minimum Gasteiger partial charge on any atom is -0.391 e. The van der Waals surface area contributed by atoms with Crippen molar-refractivity contribution in [3.63, 3.8) is 0 Å². The van der Waals surface area contributed by atoms with E-state index in [2.05, 4.69) is 24.1 Å². The van der Waals surface area contributed by atoms with Crippen LogP contribution in [0.15, 0.2) is 0 Å². The molecule has 0 aromatic carbocycles. The zero-order chi connectivity index (χ0) is 12.3. The molecule has 0 aromatic heterocycles. The van der Waals surface area contributed by atoms with Crippen LogP contribution in [0.1, 0.15) is 46.0 Å². The minimum absolute atomic E-state index is 0.0576. The van der Waals surface area contributed by atoms with Crippen molar-refractivity contribution in [3.8, 4) is 0 Å². The van der Waals surface area contributed by atoms with Gasteiger partial charge in [0.1, 0.15) is 0 Å².